The molecule has 0 heterocycles. The zero-order valence-corrected chi connectivity index (χ0v) is 39.0. The average Bonchev–Trinajstić information content (AvgIpc) is 3.21. The van der Waals surface area contributed by atoms with Gasteiger partial charge in [0.2, 0.25) is 0 Å². The van der Waals surface area contributed by atoms with Gasteiger partial charge in [-0.3, -0.25) is 14.4 Å². The number of esters is 3. The molecule has 0 bridgehead atoms. The smallest absolute Gasteiger partial charge is 0.306 e. The van der Waals surface area contributed by atoms with Crippen LogP contribution >= 0.6 is 0 Å². The molecule has 6 heteroatoms. The molecule has 0 saturated carbocycles. The lowest BCUT2D eigenvalue weighted by atomic mass is 9.99. The molecule has 0 rings (SSSR count). The molecule has 0 saturated heterocycles. The van der Waals surface area contributed by atoms with Crippen LogP contribution in [0.5, 0.6) is 0 Å². The van der Waals surface area contributed by atoms with Crippen LogP contribution in [0.15, 0.2) is 0 Å². The molecular formula is C51H98O6. The van der Waals surface area contributed by atoms with Gasteiger partial charge in [-0.15, -0.1) is 0 Å². The van der Waals surface area contributed by atoms with Crippen LogP contribution in [0.25, 0.3) is 0 Å². The highest BCUT2D eigenvalue weighted by Gasteiger charge is 2.19. The molecule has 338 valence electrons. The molecule has 2 unspecified atom stereocenters. The Bertz CT molecular complexity index is 874. The Labute approximate surface area is 355 Å². The van der Waals surface area contributed by atoms with Gasteiger partial charge in [-0.05, 0) is 31.1 Å². The summed E-state index contributed by atoms with van der Waals surface area (Å²) >= 11 is 0. The standard InChI is InChI=1S/C51H98O6/c1-6-9-10-11-12-13-14-15-16-17-18-22-25-31-36-41-49(52)55-44-48(57-51(54)43-38-33-28-27-30-35-40-47(5)8-3)45-56-50(53)42-37-32-26-23-20-19-21-24-29-34-39-46(4)7-2/h46-48H,6-45H2,1-5H3/t46?,47?,48-/m0/s1. The molecule has 0 amide bonds. The van der Waals surface area contributed by atoms with Crippen LogP contribution < -0.4 is 0 Å². The van der Waals surface area contributed by atoms with Gasteiger partial charge in [0, 0.05) is 19.3 Å². The largest absolute Gasteiger partial charge is 0.462 e. The Kier molecular flexibility index (Phi) is 42.7. The highest BCUT2D eigenvalue weighted by Crippen LogP contribution is 2.18. The van der Waals surface area contributed by atoms with Crippen molar-refractivity contribution in [1.82, 2.24) is 0 Å². The molecule has 0 fully saturated rings. The molecule has 0 aliphatic rings. The maximum atomic E-state index is 12.7. The van der Waals surface area contributed by atoms with Gasteiger partial charge in [-0.25, -0.2) is 0 Å². The maximum absolute atomic E-state index is 12.7. The summed E-state index contributed by atoms with van der Waals surface area (Å²) < 4.78 is 16.8. The summed E-state index contributed by atoms with van der Waals surface area (Å²) in [7, 11) is 0. The van der Waals surface area contributed by atoms with Crippen molar-refractivity contribution in [2.24, 2.45) is 11.8 Å². The van der Waals surface area contributed by atoms with Crippen molar-refractivity contribution in [3.8, 4) is 0 Å². The minimum atomic E-state index is -0.762. The van der Waals surface area contributed by atoms with Crippen molar-refractivity contribution < 1.29 is 28.6 Å². The Morgan fingerprint density at radius 3 is 0.912 bits per heavy atom. The highest BCUT2D eigenvalue weighted by atomic mass is 16.6. The van der Waals surface area contributed by atoms with Gasteiger partial charge in [-0.2, -0.15) is 0 Å². The van der Waals surface area contributed by atoms with Gasteiger partial charge in [0.15, 0.2) is 6.10 Å². The van der Waals surface area contributed by atoms with Crippen molar-refractivity contribution in [3.63, 3.8) is 0 Å². The predicted molar refractivity (Wildman–Crippen MR) is 243 cm³/mol. The molecule has 57 heavy (non-hydrogen) atoms. The Morgan fingerprint density at radius 1 is 0.351 bits per heavy atom. The third-order valence-corrected chi connectivity index (χ3v) is 12.2. The number of unbranched alkanes of at least 4 members (excludes halogenated alkanes) is 28. The minimum Gasteiger partial charge on any atom is -0.462 e. The van der Waals surface area contributed by atoms with Gasteiger partial charge >= 0.3 is 17.9 Å². The fourth-order valence-corrected chi connectivity index (χ4v) is 7.57. The molecule has 0 aromatic rings. The number of carbonyl (C=O) groups is 3. The van der Waals surface area contributed by atoms with E-state index in [1.807, 2.05) is 0 Å². The summed E-state index contributed by atoms with van der Waals surface area (Å²) in [4.78, 5) is 37.9. The molecule has 0 aromatic heterocycles. The Morgan fingerprint density at radius 2 is 0.614 bits per heavy atom. The van der Waals surface area contributed by atoms with Crippen LogP contribution in [-0.2, 0) is 28.6 Å². The fourth-order valence-electron chi connectivity index (χ4n) is 7.57. The highest BCUT2D eigenvalue weighted by molar-refractivity contribution is 5.71. The van der Waals surface area contributed by atoms with Crippen molar-refractivity contribution >= 4 is 17.9 Å². The first-order chi connectivity index (χ1) is 27.8. The lowest BCUT2D eigenvalue weighted by Crippen LogP contribution is -2.30. The topological polar surface area (TPSA) is 78.9 Å². The van der Waals surface area contributed by atoms with E-state index in [4.69, 9.17) is 14.2 Å². The predicted octanol–water partition coefficient (Wildman–Crippen LogP) is 16.1. The SMILES string of the molecule is CCCCCCCCCCCCCCCCCC(=O)OC[C@@H](COC(=O)CCCCCCCCCCCCC(C)CC)OC(=O)CCCCCCCCC(C)CC. The van der Waals surface area contributed by atoms with E-state index >= 15 is 0 Å². The molecular weight excluding hydrogens is 709 g/mol. The van der Waals surface area contributed by atoms with E-state index in [0.717, 1.165) is 69.6 Å². The van der Waals surface area contributed by atoms with Crippen molar-refractivity contribution in [2.45, 2.75) is 285 Å². The number of hydrogen-bond donors (Lipinski definition) is 0. The van der Waals surface area contributed by atoms with Crippen LogP contribution in [0, 0.1) is 11.8 Å². The van der Waals surface area contributed by atoms with Crippen LogP contribution in [0.1, 0.15) is 279 Å². The summed E-state index contributed by atoms with van der Waals surface area (Å²) in [5.41, 5.74) is 0. The first-order valence-electron chi connectivity index (χ1n) is 25.3. The van der Waals surface area contributed by atoms with Gasteiger partial charge in [0.05, 0.1) is 0 Å². The van der Waals surface area contributed by atoms with Gasteiger partial charge < -0.3 is 14.2 Å². The summed E-state index contributed by atoms with van der Waals surface area (Å²) in [5, 5.41) is 0. The zero-order valence-electron chi connectivity index (χ0n) is 39.0. The van der Waals surface area contributed by atoms with Crippen LogP contribution in [0.4, 0.5) is 0 Å². The van der Waals surface area contributed by atoms with E-state index in [9.17, 15) is 14.4 Å². The molecule has 3 atom stereocenters. The summed E-state index contributed by atoms with van der Waals surface area (Å²) in [6.07, 6.45) is 43.7. The average molecular weight is 807 g/mol. The number of carbonyl (C=O) groups excluding carboxylic acids is 3. The first-order valence-corrected chi connectivity index (χ1v) is 25.3. The van der Waals surface area contributed by atoms with Crippen molar-refractivity contribution in [3.05, 3.63) is 0 Å². The van der Waals surface area contributed by atoms with Crippen molar-refractivity contribution in [1.29, 1.82) is 0 Å². The summed E-state index contributed by atoms with van der Waals surface area (Å²) in [6, 6.07) is 0. The lowest BCUT2D eigenvalue weighted by Gasteiger charge is -2.18. The Balaban J connectivity index is 4.30. The van der Waals surface area contributed by atoms with E-state index in [0.29, 0.717) is 19.3 Å². The molecule has 0 aromatic carbocycles. The lowest BCUT2D eigenvalue weighted by molar-refractivity contribution is -0.167. The fraction of sp³-hybridized carbons (Fsp3) is 0.941. The van der Waals surface area contributed by atoms with E-state index < -0.39 is 6.10 Å². The molecule has 6 nitrogen and oxygen atoms in total. The molecule has 0 aliphatic carbocycles. The number of hydrogen-bond acceptors (Lipinski definition) is 6. The molecule has 0 spiro atoms. The van der Waals surface area contributed by atoms with Gasteiger partial charge in [0.1, 0.15) is 13.2 Å². The van der Waals surface area contributed by atoms with E-state index in [-0.39, 0.29) is 31.1 Å². The zero-order chi connectivity index (χ0) is 41.9. The number of rotatable bonds is 45. The first kappa shape index (κ1) is 55.4. The molecule has 0 radical (unpaired) electrons. The van der Waals surface area contributed by atoms with Crippen LogP contribution in [-0.4, -0.2) is 37.2 Å². The van der Waals surface area contributed by atoms with Crippen LogP contribution in [0.3, 0.4) is 0 Å². The van der Waals surface area contributed by atoms with Crippen molar-refractivity contribution in [2.75, 3.05) is 13.2 Å². The third kappa shape index (κ3) is 42.3. The summed E-state index contributed by atoms with van der Waals surface area (Å²) in [5.74, 6) is 0.826. The van der Waals surface area contributed by atoms with Gasteiger partial charge in [0.25, 0.3) is 0 Å². The quantitative estimate of drug-likeness (QED) is 0.0346. The summed E-state index contributed by atoms with van der Waals surface area (Å²) in [6.45, 7) is 11.4. The third-order valence-electron chi connectivity index (χ3n) is 12.2. The molecule has 0 N–H and O–H groups in total. The van der Waals surface area contributed by atoms with E-state index in [1.165, 1.54) is 167 Å². The maximum Gasteiger partial charge on any atom is 0.306 e. The molecule has 0 aliphatic heterocycles. The second-order valence-corrected chi connectivity index (χ2v) is 17.9. The monoisotopic (exact) mass is 807 g/mol. The Hall–Kier alpha value is -1.59. The van der Waals surface area contributed by atoms with Crippen LogP contribution in [0.2, 0.25) is 0 Å². The second kappa shape index (κ2) is 44.0. The van der Waals surface area contributed by atoms with E-state index in [2.05, 4.69) is 34.6 Å². The van der Waals surface area contributed by atoms with Gasteiger partial charge in [-0.1, -0.05) is 240 Å². The van der Waals surface area contributed by atoms with E-state index in [1.54, 1.807) is 0 Å². The second-order valence-electron chi connectivity index (χ2n) is 17.9. The minimum absolute atomic E-state index is 0.0648. The number of ether oxygens (including phenoxy) is 3. The normalized spacial score (nSPS) is 13.0.